The predicted molar refractivity (Wildman–Crippen MR) is 57.0 cm³/mol. The minimum atomic E-state index is -0.681. The molecule has 0 spiro atoms. The van der Waals surface area contributed by atoms with Gasteiger partial charge < -0.3 is 4.74 Å². The zero-order chi connectivity index (χ0) is 12.0. The largest absolute Gasteiger partial charge is 0.457 e. The molecule has 0 atom stereocenters. The van der Waals surface area contributed by atoms with Gasteiger partial charge in [-0.2, -0.15) is 0 Å². The zero-order valence-electron chi connectivity index (χ0n) is 8.75. The molecule has 1 aromatic rings. The van der Waals surface area contributed by atoms with Gasteiger partial charge in [-0.15, -0.1) is 0 Å². The Balaban J connectivity index is 2.51. The Morgan fingerprint density at radius 2 is 2.06 bits per heavy atom. The second-order valence-corrected chi connectivity index (χ2v) is 3.16. The number of ether oxygens (including phenoxy) is 1. The lowest BCUT2D eigenvalue weighted by molar-refractivity contribution is -0.403. The average molecular weight is 221 g/mol. The van der Waals surface area contributed by atoms with Gasteiger partial charge in [-0.05, 0) is 12.5 Å². The first-order chi connectivity index (χ1) is 7.59. The number of rotatable bonds is 4. The van der Waals surface area contributed by atoms with Gasteiger partial charge in [0.15, 0.2) is 0 Å². The SMILES string of the molecule is CC(=C[N+](=O)[O-])C(=O)OCc1ccccc1. The molecule has 0 heterocycles. The Morgan fingerprint density at radius 3 is 2.62 bits per heavy atom. The fraction of sp³-hybridized carbons (Fsp3) is 0.182. The summed E-state index contributed by atoms with van der Waals surface area (Å²) in [5.41, 5.74) is 0.811. The van der Waals surface area contributed by atoms with Gasteiger partial charge in [0.05, 0.1) is 4.92 Å². The van der Waals surface area contributed by atoms with Crippen LogP contribution in [-0.2, 0) is 16.1 Å². The number of carbonyl (C=O) groups excluding carboxylic acids is 1. The quantitative estimate of drug-likeness (QED) is 0.337. The van der Waals surface area contributed by atoms with Crippen molar-refractivity contribution in [3.8, 4) is 0 Å². The van der Waals surface area contributed by atoms with E-state index in [2.05, 4.69) is 0 Å². The molecule has 0 aliphatic rings. The summed E-state index contributed by atoms with van der Waals surface area (Å²) < 4.78 is 4.88. The van der Waals surface area contributed by atoms with Crippen LogP contribution in [0.5, 0.6) is 0 Å². The van der Waals surface area contributed by atoms with Crippen LogP contribution >= 0.6 is 0 Å². The van der Waals surface area contributed by atoms with Crippen molar-refractivity contribution in [2.24, 2.45) is 0 Å². The van der Waals surface area contributed by atoms with Gasteiger partial charge in [0.2, 0.25) is 6.20 Å². The molecule has 0 aromatic heterocycles. The van der Waals surface area contributed by atoms with Crippen molar-refractivity contribution < 1.29 is 14.5 Å². The Bertz CT molecular complexity index is 411. The highest BCUT2D eigenvalue weighted by Gasteiger charge is 2.09. The minimum absolute atomic E-state index is 0.0269. The lowest BCUT2D eigenvalue weighted by Crippen LogP contribution is -2.07. The van der Waals surface area contributed by atoms with E-state index in [-0.39, 0.29) is 12.2 Å². The molecule has 0 amide bonds. The molecule has 84 valence electrons. The smallest absolute Gasteiger partial charge is 0.340 e. The van der Waals surface area contributed by atoms with E-state index < -0.39 is 10.9 Å². The lowest BCUT2D eigenvalue weighted by Gasteiger charge is -2.03. The van der Waals surface area contributed by atoms with Gasteiger partial charge >= 0.3 is 5.97 Å². The van der Waals surface area contributed by atoms with Crippen LogP contribution in [0.3, 0.4) is 0 Å². The van der Waals surface area contributed by atoms with E-state index in [0.29, 0.717) is 6.20 Å². The molecule has 0 saturated carbocycles. The summed E-state index contributed by atoms with van der Waals surface area (Å²) in [6.07, 6.45) is 0.632. The van der Waals surface area contributed by atoms with Crippen LogP contribution in [0.15, 0.2) is 42.1 Å². The van der Waals surface area contributed by atoms with Crippen molar-refractivity contribution in [3.05, 3.63) is 57.8 Å². The number of nitro groups is 1. The monoisotopic (exact) mass is 221 g/mol. The highest BCUT2D eigenvalue weighted by Crippen LogP contribution is 2.04. The summed E-state index contributed by atoms with van der Waals surface area (Å²) in [5.74, 6) is -0.680. The van der Waals surface area contributed by atoms with Crippen molar-refractivity contribution in [3.63, 3.8) is 0 Å². The van der Waals surface area contributed by atoms with Crippen LogP contribution in [0, 0.1) is 10.1 Å². The first-order valence-electron chi connectivity index (χ1n) is 4.62. The standard InChI is InChI=1S/C11H11NO4/c1-9(7-12(14)15)11(13)16-8-10-5-3-2-4-6-10/h2-7H,8H2,1H3. The average Bonchev–Trinajstić information content (AvgIpc) is 2.26. The van der Waals surface area contributed by atoms with Crippen molar-refractivity contribution in [1.29, 1.82) is 0 Å². The maximum Gasteiger partial charge on any atom is 0.340 e. The molecule has 0 N–H and O–H groups in total. The van der Waals surface area contributed by atoms with Crippen LogP contribution in [0.4, 0.5) is 0 Å². The Morgan fingerprint density at radius 1 is 1.44 bits per heavy atom. The molecule has 5 nitrogen and oxygen atoms in total. The number of hydrogen-bond acceptors (Lipinski definition) is 4. The molecular formula is C11H11NO4. The second kappa shape index (κ2) is 5.65. The highest BCUT2D eigenvalue weighted by atomic mass is 16.6. The van der Waals surface area contributed by atoms with E-state index in [1.54, 1.807) is 12.1 Å². The summed E-state index contributed by atoms with van der Waals surface area (Å²) >= 11 is 0. The van der Waals surface area contributed by atoms with E-state index >= 15 is 0 Å². The molecule has 0 aliphatic heterocycles. The predicted octanol–water partition coefficient (Wildman–Crippen LogP) is 1.91. The number of carbonyl (C=O) groups is 1. The van der Waals surface area contributed by atoms with Crippen LogP contribution in [0.2, 0.25) is 0 Å². The third kappa shape index (κ3) is 3.91. The van der Waals surface area contributed by atoms with E-state index in [1.165, 1.54) is 6.92 Å². The number of esters is 1. The third-order valence-corrected chi connectivity index (χ3v) is 1.83. The van der Waals surface area contributed by atoms with Crippen molar-refractivity contribution in [2.75, 3.05) is 0 Å². The second-order valence-electron chi connectivity index (χ2n) is 3.16. The fourth-order valence-electron chi connectivity index (χ4n) is 1.05. The van der Waals surface area contributed by atoms with Crippen molar-refractivity contribution >= 4 is 5.97 Å². The van der Waals surface area contributed by atoms with E-state index in [0.717, 1.165) is 5.56 Å². The van der Waals surface area contributed by atoms with Crippen LogP contribution in [-0.4, -0.2) is 10.9 Å². The van der Waals surface area contributed by atoms with Gasteiger partial charge in [-0.1, -0.05) is 30.3 Å². The minimum Gasteiger partial charge on any atom is -0.457 e. The first-order valence-corrected chi connectivity index (χ1v) is 4.62. The van der Waals surface area contributed by atoms with Gasteiger partial charge in [0.1, 0.15) is 12.2 Å². The van der Waals surface area contributed by atoms with Crippen molar-refractivity contribution in [2.45, 2.75) is 13.5 Å². The summed E-state index contributed by atoms with van der Waals surface area (Å²) in [4.78, 5) is 20.7. The lowest BCUT2D eigenvalue weighted by atomic mass is 10.2. The Labute approximate surface area is 92.5 Å². The van der Waals surface area contributed by atoms with Gasteiger partial charge in [-0.25, -0.2) is 4.79 Å². The number of hydrogen-bond donors (Lipinski definition) is 0. The molecule has 16 heavy (non-hydrogen) atoms. The van der Waals surface area contributed by atoms with Crippen LogP contribution in [0.25, 0.3) is 0 Å². The maximum atomic E-state index is 11.3. The Kier molecular flexibility index (Phi) is 4.20. The van der Waals surface area contributed by atoms with E-state index in [4.69, 9.17) is 4.74 Å². The first kappa shape index (κ1) is 11.9. The molecule has 0 bridgehead atoms. The zero-order valence-corrected chi connectivity index (χ0v) is 8.75. The molecule has 1 rings (SSSR count). The van der Waals surface area contributed by atoms with E-state index in [1.807, 2.05) is 18.2 Å². The summed E-state index contributed by atoms with van der Waals surface area (Å²) in [5, 5.41) is 10.1. The van der Waals surface area contributed by atoms with E-state index in [9.17, 15) is 14.9 Å². The fourth-order valence-corrected chi connectivity index (χ4v) is 1.05. The molecule has 1 aromatic carbocycles. The third-order valence-electron chi connectivity index (χ3n) is 1.83. The maximum absolute atomic E-state index is 11.3. The Hall–Kier alpha value is -2.17. The van der Waals surface area contributed by atoms with Gasteiger partial charge in [0.25, 0.3) is 0 Å². The molecule has 0 unspecified atom stereocenters. The van der Waals surface area contributed by atoms with Gasteiger partial charge in [0, 0.05) is 0 Å². The summed E-state index contributed by atoms with van der Waals surface area (Å²) in [7, 11) is 0. The normalized spacial score (nSPS) is 10.9. The molecule has 0 aliphatic carbocycles. The molecule has 5 heteroatoms. The van der Waals surface area contributed by atoms with Crippen LogP contribution in [0.1, 0.15) is 12.5 Å². The molecule has 0 radical (unpaired) electrons. The summed E-state index contributed by atoms with van der Waals surface area (Å²) in [6, 6.07) is 9.11. The topological polar surface area (TPSA) is 69.4 Å². The van der Waals surface area contributed by atoms with Gasteiger partial charge in [-0.3, -0.25) is 10.1 Å². The molecular weight excluding hydrogens is 210 g/mol. The number of benzene rings is 1. The highest BCUT2D eigenvalue weighted by molar-refractivity contribution is 5.87. The molecule has 0 fully saturated rings. The summed E-state index contributed by atoms with van der Waals surface area (Å²) in [6.45, 7) is 1.46. The number of nitrogens with zero attached hydrogens (tertiary/aromatic N) is 1. The van der Waals surface area contributed by atoms with Crippen LogP contribution < -0.4 is 0 Å². The molecule has 0 saturated heterocycles. The van der Waals surface area contributed by atoms with Crippen molar-refractivity contribution in [1.82, 2.24) is 0 Å².